The first-order chi connectivity index (χ1) is 17.1. The summed E-state index contributed by atoms with van der Waals surface area (Å²) in [6.07, 6.45) is 7.48. The second kappa shape index (κ2) is 10.7. The zero-order valence-corrected chi connectivity index (χ0v) is 20.7. The number of piperidine rings is 1. The van der Waals surface area contributed by atoms with Gasteiger partial charge in [0, 0.05) is 64.3 Å². The van der Waals surface area contributed by atoms with Crippen molar-refractivity contribution in [2.75, 3.05) is 38.0 Å². The van der Waals surface area contributed by atoms with Gasteiger partial charge in [0.2, 0.25) is 5.91 Å². The quantitative estimate of drug-likeness (QED) is 0.731. The van der Waals surface area contributed by atoms with E-state index in [0.717, 1.165) is 77.8 Å². The lowest BCUT2D eigenvalue weighted by atomic mass is 9.97. The molecule has 35 heavy (non-hydrogen) atoms. The number of nitrogens with one attached hydrogen (secondary N) is 1. The van der Waals surface area contributed by atoms with Crippen molar-refractivity contribution in [3.05, 3.63) is 53.5 Å². The van der Waals surface area contributed by atoms with Gasteiger partial charge in [-0.05, 0) is 49.7 Å². The van der Waals surface area contributed by atoms with Crippen LogP contribution in [0.5, 0.6) is 0 Å². The molecule has 8 nitrogen and oxygen atoms in total. The summed E-state index contributed by atoms with van der Waals surface area (Å²) in [5.74, 6) is 0.805. The molecule has 1 unspecified atom stereocenters. The summed E-state index contributed by atoms with van der Waals surface area (Å²) in [6, 6.07) is 11.3. The highest BCUT2D eigenvalue weighted by atomic mass is 16.2. The lowest BCUT2D eigenvalue weighted by Gasteiger charge is -2.35. The highest BCUT2D eigenvalue weighted by Crippen LogP contribution is 2.25. The molecule has 2 saturated heterocycles. The summed E-state index contributed by atoms with van der Waals surface area (Å²) < 4.78 is 0. The van der Waals surface area contributed by atoms with E-state index in [1.54, 1.807) is 13.0 Å². The van der Waals surface area contributed by atoms with Gasteiger partial charge in [0.05, 0.1) is 0 Å². The van der Waals surface area contributed by atoms with Crippen LogP contribution in [0.3, 0.4) is 0 Å². The van der Waals surface area contributed by atoms with Gasteiger partial charge in [0.15, 0.2) is 0 Å². The zero-order chi connectivity index (χ0) is 24.2. The van der Waals surface area contributed by atoms with Crippen LogP contribution in [0, 0.1) is 0 Å². The largest absolute Gasteiger partial charge is 0.367 e. The Hall–Kier alpha value is -3.00. The average Bonchev–Trinajstić information content (AvgIpc) is 3.15. The van der Waals surface area contributed by atoms with Gasteiger partial charge < -0.3 is 15.1 Å². The number of fused-ring (bicyclic) bond motifs is 1. The molecule has 186 valence electrons. The summed E-state index contributed by atoms with van der Waals surface area (Å²) in [6.45, 7) is 6.77. The van der Waals surface area contributed by atoms with E-state index < -0.39 is 0 Å². The van der Waals surface area contributed by atoms with E-state index in [9.17, 15) is 9.59 Å². The standard InChI is InChI=1S/C27H36N6O2/c1-20(34)31-14-9-23(10-15-31)30-26-17-25(28-19-29-26)27(35)32-12-4-7-24(11-16-32)33-13-8-21-5-2-3-6-22(21)18-33/h2-3,5-6,17,19,23-24H,4,7-16,18H2,1H3,(H,28,29,30). The molecule has 0 radical (unpaired) electrons. The van der Waals surface area contributed by atoms with Crippen molar-refractivity contribution in [3.8, 4) is 0 Å². The Labute approximate surface area is 207 Å². The Morgan fingerprint density at radius 2 is 1.69 bits per heavy atom. The van der Waals surface area contributed by atoms with Gasteiger partial charge in [-0.2, -0.15) is 0 Å². The molecular weight excluding hydrogens is 440 g/mol. The van der Waals surface area contributed by atoms with Crippen molar-refractivity contribution in [2.24, 2.45) is 0 Å². The molecule has 1 aromatic carbocycles. The molecule has 2 fully saturated rings. The summed E-state index contributed by atoms with van der Waals surface area (Å²) >= 11 is 0. The first-order valence-electron chi connectivity index (χ1n) is 13.0. The maximum atomic E-state index is 13.3. The van der Waals surface area contributed by atoms with Gasteiger partial charge >= 0.3 is 0 Å². The molecule has 8 heteroatoms. The van der Waals surface area contributed by atoms with Crippen LogP contribution in [-0.4, -0.2) is 81.3 Å². The predicted octanol–water partition coefficient (Wildman–Crippen LogP) is 2.95. The number of nitrogens with zero attached hydrogens (tertiary/aromatic N) is 5. The van der Waals surface area contributed by atoms with Crippen molar-refractivity contribution < 1.29 is 9.59 Å². The van der Waals surface area contributed by atoms with Crippen LogP contribution in [0.4, 0.5) is 5.82 Å². The molecule has 1 N–H and O–H groups in total. The number of benzene rings is 1. The molecule has 3 aliphatic rings. The van der Waals surface area contributed by atoms with E-state index >= 15 is 0 Å². The number of rotatable bonds is 4. The van der Waals surface area contributed by atoms with Gasteiger partial charge in [-0.1, -0.05) is 24.3 Å². The van der Waals surface area contributed by atoms with Crippen LogP contribution < -0.4 is 5.32 Å². The number of likely N-dealkylation sites (tertiary alicyclic amines) is 2. The fraction of sp³-hybridized carbons (Fsp3) is 0.556. The second-order valence-corrected chi connectivity index (χ2v) is 10.1. The minimum Gasteiger partial charge on any atom is -0.367 e. The number of aromatic nitrogens is 2. The van der Waals surface area contributed by atoms with Crippen LogP contribution in [0.25, 0.3) is 0 Å². The monoisotopic (exact) mass is 476 g/mol. The Morgan fingerprint density at radius 3 is 2.49 bits per heavy atom. The number of hydrogen-bond acceptors (Lipinski definition) is 6. The second-order valence-electron chi connectivity index (χ2n) is 10.1. The van der Waals surface area contributed by atoms with E-state index in [2.05, 4.69) is 44.5 Å². The van der Waals surface area contributed by atoms with Crippen LogP contribution in [0.2, 0.25) is 0 Å². The molecule has 1 aromatic heterocycles. The number of carbonyl (C=O) groups is 2. The number of hydrogen-bond donors (Lipinski definition) is 1. The van der Waals surface area contributed by atoms with Crippen LogP contribution in [0.15, 0.2) is 36.7 Å². The molecule has 0 bridgehead atoms. The van der Waals surface area contributed by atoms with Gasteiger partial charge in [-0.3, -0.25) is 14.5 Å². The molecule has 1 atom stereocenters. The van der Waals surface area contributed by atoms with Crippen LogP contribution in [-0.2, 0) is 17.8 Å². The number of amides is 2. The lowest BCUT2D eigenvalue weighted by Crippen LogP contribution is -2.41. The van der Waals surface area contributed by atoms with E-state index in [-0.39, 0.29) is 17.9 Å². The van der Waals surface area contributed by atoms with Crippen molar-refractivity contribution >= 4 is 17.6 Å². The third-order valence-electron chi connectivity index (χ3n) is 7.84. The predicted molar refractivity (Wildman–Crippen MR) is 135 cm³/mol. The maximum absolute atomic E-state index is 13.3. The first kappa shape index (κ1) is 23.7. The van der Waals surface area contributed by atoms with Crippen molar-refractivity contribution in [3.63, 3.8) is 0 Å². The average molecular weight is 477 g/mol. The fourth-order valence-corrected chi connectivity index (χ4v) is 5.74. The summed E-state index contributed by atoms with van der Waals surface area (Å²) in [4.78, 5) is 40.0. The smallest absolute Gasteiger partial charge is 0.272 e. The molecular formula is C27H36N6O2. The number of carbonyl (C=O) groups excluding carboxylic acids is 2. The molecule has 0 aliphatic carbocycles. The molecule has 0 saturated carbocycles. The highest BCUT2D eigenvalue weighted by molar-refractivity contribution is 5.92. The van der Waals surface area contributed by atoms with E-state index in [0.29, 0.717) is 17.6 Å². The summed E-state index contributed by atoms with van der Waals surface area (Å²) in [5.41, 5.74) is 3.38. The lowest BCUT2D eigenvalue weighted by molar-refractivity contribution is -0.129. The topological polar surface area (TPSA) is 81.7 Å². The van der Waals surface area contributed by atoms with Gasteiger partial charge in [-0.15, -0.1) is 0 Å². The molecule has 5 rings (SSSR count). The first-order valence-corrected chi connectivity index (χ1v) is 13.0. The SMILES string of the molecule is CC(=O)N1CCC(Nc2cc(C(=O)N3CCCC(N4CCc5ccccc5C4)CC3)ncn2)CC1. The molecule has 4 heterocycles. The Kier molecular flexibility index (Phi) is 7.27. The molecule has 2 amide bonds. The third-order valence-corrected chi connectivity index (χ3v) is 7.84. The summed E-state index contributed by atoms with van der Waals surface area (Å²) in [5, 5.41) is 3.44. The zero-order valence-electron chi connectivity index (χ0n) is 20.7. The Bertz CT molecular complexity index is 1050. The van der Waals surface area contributed by atoms with Gasteiger partial charge in [0.25, 0.3) is 5.91 Å². The van der Waals surface area contributed by atoms with E-state index in [4.69, 9.17) is 0 Å². The van der Waals surface area contributed by atoms with Crippen molar-refractivity contribution in [2.45, 2.75) is 64.1 Å². The normalized spacial score (nSPS) is 21.8. The Balaban J connectivity index is 1.16. The van der Waals surface area contributed by atoms with E-state index in [1.165, 1.54) is 17.5 Å². The molecule has 0 spiro atoms. The molecule has 3 aliphatic heterocycles. The minimum absolute atomic E-state index is 0.00788. The molecule has 2 aromatic rings. The van der Waals surface area contributed by atoms with E-state index in [1.807, 2.05) is 9.80 Å². The van der Waals surface area contributed by atoms with Crippen molar-refractivity contribution in [1.82, 2.24) is 24.7 Å². The minimum atomic E-state index is -0.00788. The number of anilines is 1. The maximum Gasteiger partial charge on any atom is 0.272 e. The van der Waals surface area contributed by atoms with Crippen molar-refractivity contribution in [1.29, 1.82) is 0 Å². The van der Waals surface area contributed by atoms with Crippen LogP contribution in [0.1, 0.15) is 60.6 Å². The van der Waals surface area contributed by atoms with Gasteiger partial charge in [0.1, 0.15) is 17.8 Å². The fourth-order valence-electron chi connectivity index (χ4n) is 5.74. The third kappa shape index (κ3) is 5.64. The highest BCUT2D eigenvalue weighted by Gasteiger charge is 2.28. The Morgan fingerprint density at radius 1 is 0.914 bits per heavy atom. The summed E-state index contributed by atoms with van der Waals surface area (Å²) in [7, 11) is 0. The van der Waals surface area contributed by atoms with Gasteiger partial charge in [-0.25, -0.2) is 9.97 Å². The van der Waals surface area contributed by atoms with Crippen LogP contribution >= 0.6 is 0 Å².